The molecule has 0 fully saturated rings. The summed E-state index contributed by atoms with van der Waals surface area (Å²) in [6.07, 6.45) is 0. The second-order valence-electron chi connectivity index (χ2n) is 2.35. The lowest BCUT2D eigenvalue weighted by Crippen LogP contribution is -2.35. The van der Waals surface area contributed by atoms with Gasteiger partial charge in [-0.25, -0.2) is 5.84 Å². The Kier molecular flexibility index (Phi) is 5.31. The van der Waals surface area contributed by atoms with Crippen molar-refractivity contribution < 1.29 is 13.0 Å². The lowest BCUT2D eigenvalue weighted by molar-refractivity contribution is 0.483. The van der Waals surface area contributed by atoms with Crippen molar-refractivity contribution in [3.63, 3.8) is 0 Å². The average Bonchev–Trinajstić information content (AvgIpc) is 2.19. The van der Waals surface area contributed by atoms with E-state index in [9.17, 15) is 8.42 Å². The Hall–Kier alpha value is -1.64. The first-order chi connectivity index (χ1) is 6.88. The summed E-state index contributed by atoms with van der Waals surface area (Å²) in [6.45, 7) is 0. The van der Waals surface area contributed by atoms with E-state index in [2.05, 4.69) is 11.6 Å². The molecule has 8 heteroatoms. The van der Waals surface area contributed by atoms with Crippen LogP contribution in [0.2, 0.25) is 0 Å². The summed E-state index contributed by atoms with van der Waals surface area (Å²) in [4.78, 5) is -0.0741. The van der Waals surface area contributed by atoms with E-state index in [1.165, 1.54) is 12.1 Å². The third-order valence-corrected chi connectivity index (χ3v) is 2.06. The van der Waals surface area contributed by atoms with Crippen LogP contribution in [0.3, 0.4) is 0 Å². The second kappa shape index (κ2) is 5.96. The van der Waals surface area contributed by atoms with Crippen molar-refractivity contribution in [2.75, 3.05) is 0 Å². The van der Waals surface area contributed by atoms with Gasteiger partial charge in [-0.15, -0.1) is 0 Å². The van der Waals surface area contributed by atoms with Crippen molar-refractivity contribution in [1.29, 1.82) is 5.41 Å². The summed E-state index contributed by atoms with van der Waals surface area (Å²) in [5, 5.41) is 6.28. The van der Waals surface area contributed by atoms with Crippen molar-refractivity contribution in [3.8, 4) is 0 Å². The molecule has 0 atom stereocenters. The Morgan fingerprint density at radius 2 is 1.73 bits per heavy atom. The topological polar surface area (TPSA) is 142 Å². The molecule has 0 aromatic heterocycles. The van der Waals surface area contributed by atoms with Crippen LogP contribution in [0.5, 0.6) is 0 Å². The van der Waals surface area contributed by atoms with Gasteiger partial charge in [0.15, 0.2) is 5.96 Å². The van der Waals surface area contributed by atoms with Gasteiger partial charge in [-0.2, -0.15) is 8.42 Å². The summed E-state index contributed by atoms with van der Waals surface area (Å²) in [6, 6.07) is 7.42. The van der Waals surface area contributed by atoms with Gasteiger partial charge < -0.3 is 5.73 Å². The predicted molar refractivity (Wildman–Crippen MR) is 55.5 cm³/mol. The number of nitrogens with two attached hydrogens (primary N) is 2. The summed E-state index contributed by atoms with van der Waals surface area (Å²) in [7, 11) is -4.00. The molecule has 0 bridgehead atoms. The van der Waals surface area contributed by atoms with Gasteiger partial charge in [0, 0.05) is 0 Å². The first-order valence-electron chi connectivity index (χ1n) is 3.71. The van der Waals surface area contributed by atoms with Crippen LogP contribution in [0, 0.1) is 5.41 Å². The normalized spacial score (nSPS) is 9.73. The molecule has 0 spiro atoms. The number of hydrogen-bond donors (Lipinski definition) is 5. The van der Waals surface area contributed by atoms with Crippen LogP contribution in [0.4, 0.5) is 0 Å². The smallest absolute Gasteiger partial charge is 0.294 e. The average molecular weight is 232 g/mol. The molecule has 0 aliphatic heterocycles. The van der Waals surface area contributed by atoms with E-state index in [1.54, 1.807) is 18.2 Å². The molecule has 0 aliphatic rings. The van der Waals surface area contributed by atoms with Crippen LogP contribution in [0.25, 0.3) is 0 Å². The molecular formula is C7H12N4O3S. The lowest BCUT2D eigenvalue weighted by atomic mass is 10.4. The molecule has 1 rings (SSSR count). The number of hydrazine groups is 1. The third kappa shape index (κ3) is 6.43. The molecule has 0 amide bonds. The fourth-order valence-electron chi connectivity index (χ4n) is 0.592. The van der Waals surface area contributed by atoms with Gasteiger partial charge in [0.2, 0.25) is 0 Å². The molecule has 15 heavy (non-hydrogen) atoms. The van der Waals surface area contributed by atoms with Crippen LogP contribution in [-0.2, 0) is 10.1 Å². The SMILES string of the molecule is N=C(N)NN.O=S(=O)(O)c1ccccc1. The maximum atomic E-state index is 10.4. The molecule has 7 N–H and O–H groups in total. The first kappa shape index (κ1) is 13.4. The zero-order valence-corrected chi connectivity index (χ0v) is 8.53. The monoisotopic (exact) mass is 232 g/mol. The molecule has 0 radical (unpaired) electrons. The Bertz CT molecular complexity index is 404. The van der Waals surface area contributed by atoms with Crippen molar-refractivity contribution in [2.45, 2.75) is 4.90 Å². The molecule has 0 aliphatic carbocycles. The summed E-state index contributed by atoms with van der Waals surface area (Å²) < 4.78 is 29.2. The fourth-order valence-corrected chi connectivity index (χ4v) is 1.09. The standard InChI is InChI=1S/C6H6O3S.CH6N4/c7-10(8,9)6-4-2-1-3-5-6;2-1(3)5-4/h1-5H,(H,7,8,9);4H2,(H4,2,3,5). The van der Waals surface area contributed by atoms with Gasteiger partial charge in [0.25, 0.3) is 10.1 Å². The highest BCUT2D eigenvalue weighted by Crippen LogP contribution is 2.05. The Balaban J connectivity index is 0.000000336. The van der Waals surface area contributed by atoms with Crippen LogP contribution in [0.1, 0.15) is 0 Å². The maximum absolute atomic E-state index is 10.4. The molecule has 0 saturated heterocycles. The number of nitrogens with one attached hydrogen (secondary N) is 2. The van der Waals surface area contributed by atoms with Gasteiger partial charge in [0.05, 0.1) is 4.90 Å². The zero-order chi connectivity index (χ0) is 11.9. The van der Waals surface area contributed by atoms with Crippen LogP contribution < -0.4 is 17.0 Å². The summed E-state index contributed by atoms with van der Waals surface area (Å²) in [5.41, 5.74) is 6.53. The van der Waals surface area contributed by atoms with Crippen molar-refractivity contribution in [3.05, 3.63) is 30.3 Å². The molecule has 1 aromatic rings. The Labute approximate surface area is 87.3 Å². The fraction of sp³-hybridized carbons (Fsp3) is 0. The third-order valence-electron chi connectivity index (χ3n) is 1.20. The van der Waals surface area contributed by atoms with E-state index in [1.807, 2.05) is 5.43 Å². The molecule has 0 saturated carbocycles. The molecule has 84 valence electrons. The minimum atomic E-state index is -4.00. The Morgan fingerprint density at radius 3 is 1.93 bits per heavy atom. The molecule has 1 aromatic carbocycles. The first-order valence-corrected chi connectivity index (χ1v) is 5.15. The minimum absolute atomic E-state index is 0.0741. The van der Waals surface area contributed by atoms with Crippen LogP contribution >= 0.6 is 0 Å². The van der Waals surface area contributed by atoms with E-state index in [0.717, 1.165) is 0 Å². The molecule has 7 nitrogen and oxygen atoms in total. The van der Waals surface area contributed by atoms with E-state index >= 15 is 0 Å². The molecule has 0 heterocycles. The highest BCUT2D eigenvalue weighted by atomic mass is 32.2. The van der Waals surface area contributed by atoms with E-state index in [4.69, 9.17) is 9.96 Å². The van der Waals surface area contributed by atoms with Crippen molar-refractivity contribution in [1.82, 2.24) is 5.43 Å². The number of rotatable bonds is 1. The summed E-state index contributed by atoms with van der Waals surface area (Å²) >= 11 is 0. The van der Waals surface area contributed by atoms with Gasteiger partial charge in [0.1, 0.15) is 0 Å². The van der Waals surface area contributed by atoms with Gasteiger partial charge in [-0.3, -0.25) is 15.4 Å². The molecule has 0 unspecified atom stereocenters. The van der Waals surface area contributed by atoms with Gasteiger partial charge in [-0.05, 0) is 12.1 Å². The largest absolute Gasteiger partial charge is 0.369 e. The number of benzene rings is 1. The quantitative estimate of drug-likeness (QED) is 0.142. The predicted octanol–water partition coefficient (Wildman–Crippen LogP) is -0.724. The number of hydrogen-bond acceptors (Lipinski definition) is 4. The highest BCUT2D eigenvalue weighted by molar-refractivity contribution is 7.85. The Morgan fingerprint density at radius 1 is 1.33 bits per heavy atom. The van der Waals surface area contributed by atoms with Gasteiger partial charge >= 0.3 is 0 Å². The van der Waals surface area contributed by atoms with E-state index in [-0.39, 0.29) is 10.9 Å². The van der Waals surface area contributed by atoms with Crippen LogP contribution in [-0.4, -0.2) is 18.9 Å². The van der Waals surface area contributed by atoms with E-state index < -0.39 is 10.1 Å². The van der Waals surface area contributed by atoms with Crippen LogP contribution in [0.15, 0.2) is 35.2 Å². The molecular weight excluding hydrogens is 220 g/mol. The number of guanidine groups is 1. The maximum Gasteiger partial charge on any atom is 0.294 e. The second-order valence-corrected chi connectivity index (χ2v) is 3.77. The zero-order valence-electron chi connectivity index (χ0n) is 7.71. The van der Waals surface area contributed by atoms with Gasteiger partial charge in [-0.1, -0.05) is 18.2 Å². The lowest BCUT2D eigenvalue weighted by Gasteiger charge is -1.92. The highest BCUT2D eigenvalue weighted by Gasteiger charge is 2.05. The van der Waals surface area contributed by atoms with E-state index in [0.29, 0.717) is 0 Å². The van der Waals surface area contributed by atoms with Crippen molar-refractivity contribution >= 4 is 16.1 Å². The summed E-state index contributed by atoms with van der Waals surface area (Å²) in [5.74, 6) is 4.35. The van der Waals surface area contributed by atoms with Crippen molar-refractivity contribution in [2.24, 2.45) is 11.6 Å². The minimum Gasteiger partial charge on any atom is -0.369 e.